The number of amides is 1. The van der Waals surface area contributed by atoms with Crippen molar-refractivity contribution in [2.45, 2.75) is 43.7 Å². The van der Waals surface area contributed by atoms with Gasteiger partial charge in [-0.15, -0.1) is 10.2 Å². The second-order valence-corrected chi connectivity index (χ2v) is 12.6. The summed E-state index contributed by atoms with van der Waals surface area (Å²) in [6.45, 7) is 5.87. The molecule has 218 valence electrons. The molecule has 1 saturated carbocycles. The summed E-state index contributed by atoms with van der Waals surface area (Å²) in [5, 5.41) is 13.2. The highest BCUT2D eigenvalue weighted by molar-refractivity contribution is 7.99. The summed E-state index contributed by atoms with van der Waals surface area (Å²) in [6, 6.07) is 19.8. The fourth-order valence-corrected chi connectivity index (χ4v) is 6.54. The summed E-state index contributed by atoms with van der Waals surface area (Å²) < 4.78 is 7.81. The van der Waals surface area contributed by atoms with Crippen molar-refractivity contribution in [3.63, 3.8) is 0 Å². The zero-order valence-corrected chi connectivity index (χ0v) is 25.8. The first-order chi connectivity index (χ1) is 20.4. The maximum Gasteiger partial charge on any atom is 0.234 e. The summed E-state index contributed by atoms with van der Waals surface area (Å²) in [6.07, 6.45) is 5.00. The molecule has 6 rings (SSSR count). The number of carbonyl (C=O) groups excluding carboxylic acids is 1. The lowest BCUT2D eigenvalue weighted by Gasteiger charge is -2.15. The van der Waals surface area contributed by atoms with Crippen LogP contribution in [0.2, 0.25) is 10.0 Å². The molecule has 7 nitrogen and oxygen atoms in total. The van der Waals surface area contributed by atoms with Gasteiger partial charge in [0.2, 0.25) is 5.91 Å². The summed E-state index contributed by atoms with van der Waals surface area (Å²) >= 11 is 14.5. The molecule has 0 atom stereocenters. The molecule has 1 aromatic heterocycles. The highest BCUT2D eigenvalue weighted by Gasteiger charge is 2.25. The number of ether oxygens (including phenoxy) is 1. The number of aromatic nitrogens is 3. The molecular formula is C32H33Cl2N5O2S. The van der Waals surface area contributed by atoms with Crippen LogP contribution in [0.5, 0.6) is 5.75 Å². The predicted octanol–water partition coefficient (Wildman–Crippen LogP) is 7.63. The minimum atomic E-state index is -0.188. The largest absolute Gasteiger partial charge is 0.492 e. The summed E-state index contributed by atoms with van der Waals surface area (Å²) in [5.74, 6) is 2.14. The second-order valence-electron chi connectivity index (χ2n) is 10.8. The quantitative estimate of drug-likeness (QED) is 0.174. The molecule has 10 heteroatoms. The van der Waals surface area contributed by atoms with Gasteiger partial charge in [-0.1, -0.05) is 59.2 Å². The van der Waals surface area contributed by atoms with Crippen LogP contribution in [0.3, 0.4) is 0 Å². The zero-order valence-electron chi connectivity index (χ0n) is 23.5. The number of halogens is 2. The smallest absolute Gasteiger partial charge is 0.234 e. The Morgan fingerprint density at radius 2 is 1.74 bits per heavy atom. The highest BCUT2D eigenvalue weighted by atomic mass is 35.5. The summed E-state index contributed by atoms with van der Waals surface area (Å²) in [5.41, 5.74) is 4.62. The van der Waals surface area contributed by atoms with Gasteiger partial charge in [0.1, 0.15) is 18.2 Å². The van der Waals surface area contributed by atoms with E-state index in [4.69, 9.17) is 27.9 Å². The Kier molecular flexibility index (Phi) is 9.05. The highest BCUT2D eigenvalue weighted by Crippen LogP contribution is 2.42. The molecule has 0 radical (unpaired) electrons. The van der Waals surface area contributed by atoms with Crippen LogP contribution < -0.4 is 10.1 Å². The number of aryl methyl sites for hydroxylation is 1. The van der Waals surface area contributed by atoms with E-state index in [1.54, 1.807) is 0 Å². The first-order valence-electron chi connectivity index (χ1n) is 14.3. The van der Waals surface area contributed by atoms with Crippen LogP contribution in [0.1, 0.15) is 43.0 Å². The maximum absolute atomic E-state index is 12.9. The molecule has 0 spiro atoms. The Balaban J connectivity index is 1.04. The van der Waals surface area contributed by atoms with Crippen molar-refractivity contribution in [3.05, 3.63) is 82.1 Å². The number of rotatable bonds is 11. The molecule has 0 unspecified atom stereocenters. The van der Waals surface area contributed by atoms with Crippen LogP contribution >= 0.6 is 35.0 Å². The molecule has 42 heavy (non-hydrogen) atoms. The third kappa shape index (κ3) is 6.94. The van der Waals surface area contributed by atoms with Crippen LogP contribution in [0.15, 0.2) is 65.8 Å². The van der Waals surface area contributed by atoms with Gasteiger partial charge in [0.15, 0.2) is 5.16 Å². The Morgan fingerprint density at radius 1 is 0.976 bits per heavy atom. The van der Waals surface area contributed by atoms with Gasteiger partial charge < -0.3 is 10.1 Å². The van der Waals surface area contributed by atoms with Crippen LogP contribution in [0.4, 0.5) is 5.69 Å². The molecule has 1 aliphatic carbocycles. The molecule has 0 bridgehead atoms. The van der Waals surface area contributed by atoms with Gasteiger partial charge in [-0.25, -0.2) is 0 Å². The number of hydrogen-bond acceptors (Lipinski definition) is 6. The molecule has 2 aliphatic rings. The monoisotopic (exact) mass is 621 g/mol. The van der Waals surface area contributed by atoms with Crippen molar-refractivity contribution in [3.8, 4) is 22.6 Å². The Morgan fingerprint density at radius 3 is 2.45 bits per heavy atom. The number of hydrogen-bond donors (Lipinski definition) is 1. The van der Waals surface area contributed by atoms with E-state index in [2.05, 4.69) is 26.5 Å². The summed E-state index contributed by atoms with van der Waals surface area (Å²) in [4.78, 5) is 15.3. The molecule has 2 fully saturated rings. The van der Waals surface area contributed by atoms with Crippen molar-refractivity contribution >= 4 is 46.6 Å². The maximum atomic E-state index is 12.9. The lowest BCUT2D eigenvalue weighted by Crippen LogP contribution is -2.25. The Hall–Kier alpha value is -3.04. The van der Waals surface area contributed by atoms with E-state index >= 15 is 0 Å². The lowest BCUT2D eigenvalue weighted by molar-refractivity contribution is -0.113. The van der Waals surface area contributed by atoms with Crippen LogP contribution in [-0.4, -0.2) is 57.6 Å². The minimum absolute atomic E-state index is 0.146. The van der Waals surface area contributed by atoms with E-state index in [1.807, 2.05) is 66.1 Å². The van der Waals surface area contributed by atoms with E-state index in [0.717, 1.165) is 29.1 Å². The van der Waals surface area contributed by atoms with Crippen LogP contribution in [-0.2, 0) is 4.79 Å². The SMILES string of the molecule is Cc1nnc(SCC(=O)Nc2ccc(-c3ccc(OCCN4CCCC4)cc3)cc2Cl)n1-c1ccc(C2CC2)cc1Cl. The van der Waals surface area contributed by atoms with Crippen molar-refractivity contribution in [1.82, 2.24) is 19.7 Å². The van der Waals surface area contributed by atoms with Gasteiger partial charge in [-0.05, 0) is 105 Å². The average Bonchev–Trinajstić information content (AvgIpc) is 3.59. The minimum Gasteiger partial charge on any atom is -0.492 e. The number of thioether (sulfide) groups is 1. The second kappa shape index (κ2) is 13.1. The molecule has 2 heterocycles. The van der Waals surface area contributed by atoms with E-state index in [0.29, 0.717) is 39.2 Å². The fourth-order valence-electron chi connectivity index (χ4n) is 5.24. The van der Waals surface area contributed by atoms with Gasteiger partial charge in [-0.3, -0.25) is 14.3 Å². The molecule has 1 aliphatic heterocycles. The van der Waals surface area contributed by atoms with Gasteiger partial charge >= 0.3 is 0 Å². The first kappa shape index (κ1) is 29.1. The molecule has 4 aromatic rings. The molecular weight excluding hydrogens is 589 g/mol. The van der Waals surface area contributed by atoms with Crippen molar-refractivity contribution < 1.29 is 9.53 Å². The van der Waals surface area contributed by atoms with Crippen molar-refractivity contribution in [1.29, 1.82) is 0 Å². The predicted molar refractivity (Wildman–Crippen MR) is 170 cm³/mol. The van der Waals surface area contributed by atoms with Crippen molar-refractivity contribution in [2.24, 2.45) is 0 Å². The molecule has 3 aromatic carbocycles. The van der Waals surface area contributed by atoms with Crippen LogP contribution in [0, 0.1) is 6.92 Å². The van der Waals surface area contributed by atoms with Gasteiger partial charge in [0.05, 0.1) is 27.2 Å². The number of nitrogens with zero attached hydrogens (tertiary/aromatic N) is 4. The number of benzene rings is 3. The standard InChI is InChI=1S/C32H33Cl2N5O2S/c1-21-36-37-32(39(21)30-13-9-25(19-28(30)34)22-4-5-22)42-20-31(40)35-29-12-8-24(18-27(29)33)23-6-10-26(11-7-23)41-17-16-38-14-2-3-15-38/h6-13,18-19,22H,2-5,14-17,20H2,1H3,(H,35,40). The van der Waals surface area contributed by atoms with E-state index in [-0.39, 0.29) is 11.7 Å². The van der Waals surface area contributed by atoms with E-state index in [9.17, 15) is 4.79 Å². The van der Waals surface area contributed by atoms with Gasteiger partial charge in [0, 0.05) is 6.54 Å². The first-order valence-corrected chi connectivity index (χ1v) is 16.1. The number of carbonyl (C=O) groups is 1. The third-order valence-electron chi connectivity index (χ3n) is 7.69. The molecule has 1 amide bonds. The molecule has 1 N–H and O–H groups in total. The Labute approximate surface area is 260 Å². The van der Waals surface area contributed by atoms with E-state index in [1.165, 1.54) is 56.1 Å². The number of anilines is 1. The average molecular weight is 623 g/mol. The molecule has 1 saturated heterocycles. The fraction of sp³-hybridized carbons (Fsp3) is 0.344. The Bertz CT molecular complexity index is 1570. The summed E-state index contributed by atoms with van der Waals surface area (Å²) in [7, 11) is 0. The van der Waals surface area contributed by atoms with Gasteiger partial charge in [0.25, 0.3) is 0 Å². The third-order valence-corrected chi connectivity index (χ3v) is 9.24. The normalized spacial score (nSPS) is 15.2. The number of likely N-dealkylation sites (tertiary alicyclic amines) is 1. The number of nitrogens with one attached hydrogen (secondary N) is 1. The zero-order chi connectivity index (χ0) is 29.1. The van der Waals surface area contributed by atoms with Gasteiger partial charge in [-0.2, -0.15) is 0 Å². The topological polar surface area (TPSA) is 72.3 Å². The van der Waals surface area contributed by atoms with E-state index < -0.39 is 0 Å². The van der Waals surface area contributed by atoms with Crippen LogP contribution in [0.25, 0.3) is 16.8 Å². The van der Waals surface area contributed by atoms with Crippen molar-refractivity contribution in [2.75, 3.05) is 37.3 Å². The lowest BCUT2D eigenvalue weighted by atomic mass is 10.1.